The summed E-state index contributed by atoms with van der Waals surface area (Å²) in [4.78, 5) is 4.32. The zero-order valence-corrected chi connectivity index (χ0v) is 16.0. The van der Waals surface area contributed by atoms with E-state index in [9.17, 15) is 0 Å². The van der Waals surface area contributed by atoms with E-state index >= 15 is 0 Å². The van der Waals surface area contributed by atoms with E-state index in [0.717, 1.165) is 10.2 Å². The number of para-hydroxylation sites is 1. The monoisotopic (exact) mass is 407 g/mol. The molecule has 0 radical (unpaired) electrons. The molecule has 6 nitrogen and oxygen atoms in total. The van der Waals surface area contributed by atoms with Gasteiger partial charge in [-0.05, 0) is 47.1 Å². The number of hydrogen-bond acceptors (Lipinski definition) is 4. The van der Waals surface area contributed by atoms with Crippen LogP contribution in [0.4, 0.5) is 5.69 Å². The SMILES string of the molecule is COc1ccc(OC)c(NC(N)=NCC(C)Oc2ccccc2Br)c1. The molecule has 25 heavy (non-hydrogen) atoms. The number of methoxy groups -OCH3 is 2. The molecule has 2 aromatic rings. The van der Waals surface area contributed by atoms with Gasteiger partial charge in [-0.2, -0.15) is 0 Å². The lowest BCUT2D eigenvalue weighted by atomic mass is 10.2. The van der Waals surface area contributed by atoms with Crippen molar-refractivity contribution < 1.29 is 14.2 Å². The lowest BCUT2D eigenvalue weighted by Crippen LogP contribution is -2.26. The molecule has 0 bridgehead atoms. The molecule has 2 aromatic carbocycles. The van der Waals surface area contributed by atoms with E-state index in [-0.39, 0.29) is 12.1 Å². The Hall–Kier alpha value is -2.41. The number of guanidine groups is 1. The number of aliphatic imine (C=N–C) groups is 1. The fourth-order valence-corrected chi connectivity index (χ4v) is 2.49. The van der Waals surface area contributed by atoms with Crippen molar-refractivity contribution in [2.75, 3.05) is 26.1 Å². The summed E-state index contributed by atoms with van der Waals surface area (Å²) in [6.45, 7) is 2.34. The van der Waals surface area contributed by atoms with Gasteiger partial charge in [0.1, 0.15) is 23.4 Å². The van der Waals surface area contributed by atoms with Crippen LogP contribution in [-0.2, 0) is 0 Å². The Morgan fingerprint density at radius 3 is 2.60 bits per heavy atom. The Balaban J connectivity index is 1.98. The predicted molar refractivity (Wildman–Crippen MR) is 104 cm³/mol. The Labute approximate surface area is 156 Å². The summed E-state index contributed by atoms with van der Waals surface area (Å²) in [5.41, 5.74) is 6.65. The van der Waals surface area contributed by atoms with E-state index in [1.165, 1.54) is 0 Å². The molecule has 0 heterocycles. The molecule has 0 saturated heterocycles. The van der Waals surface area contributed by atoms with Crippen molar-refractivity contribution in [1.29, 1.82) is 0 Å². The van der Waals surface area contributed by atoms with Crippen LogP contribution in [0.5, 0.6) is 17.2 Å². The molecular formula is C18H22BrN3O3. The van der Waals surface area contributed by atoms with Gasteiger partial charge in [-0.1, -0.05) is 12.1 Å². The zero-order chi connectivity index (χ0) is 18.2. The van der Waals surface area contributed by atoms with Crippen LogP contribution in [0.15, 0.2) is 51.9 Å². The number of nitrogens with one attached hydrogen (secondary N) is 1. The van der Waals surface area contributed by atoms with Gasteiger partial charge in [-0.25, -0.2) is 4.99 Å². The largest absolute Gasteiger partial charge is 0.497 e. The fraction of sp³-hybridized carbons (Fsp3) is 0.278. The quantitative estimate of drug-likeness (QED) is 0.540. The van der Waals surface area contributed by atoms with Crippen LogP contribution in [0.1, 0.15) is 6.92 Å². The van der Waals surface area contributed by atoms with Crippen LogP contribution in [0.3, 0.4) is 0 Å². The van der Waals surface area contributed by atoms with E-state index in [2.05, 4.69) is 26.2 Å². The molecule has 2 rings (SSSR count). The van der Waals surface area contributed by atoms with Crippen LogP contribution in [-0.4, -0.2) is 32.8 Å². The molecule has 0 saturated carbocycles. The van der Waals surface area contributed by atoms with Crippen molar-refractivity contribution in [1.82, 2.24) is 0 Å². The van der Waals surface area contributed by atoms with Crippen molar-refractivity contribution in [3.63, 3.8) is 0 Å². The van der Waals surface area contributed by atoms with Gasteiger partial charge in [-0.3, -0.25) is 0 Å². The number of rotatable bonds is 7. The van der Waals surface area contributed by atoms with E-state index in [0.29, 0.717) is 23.7 Å². The van der Waals surface area contributed by atoms with Crippen LogP contribution >= 0.6 is 15.9 Å². The van der Waals surface area contributed by atoms with E-state index < -0.39 is 0 Å². The fourth-order valence-electron chi connectivity index (χ4n) is 2.11. The Kier molecular flexibility index (Phi) is 6.94. The first-order chi connectivity index (χ1) is 12.0. The third-order valence-electron chi connectivity index (χ3n) is 3.35. The second-order valence-electron chi connectivity index (χ2n) is 5.28. The van der Waals surface area contributed by atoms with E-state index in [1.807, 2.05) is 37.3 Å². The van der Waals surface area contributed by atoms with Crippen molar-refractivity contribution >= 4 is 27.6 Å². The molecule has 1 unspecified atom stereocenters. The Morgan fingerprint density at radius 1 is 1.16 bits per heavy atom. The lowest BCUT2D eigenvalue weighted by molar-refractivity contribution is 0.229. The summed E-state index contributed by atoms with van der Waals surface area (Å²) in [6, 6.07) is 13.1. The number of anilines is 1. The van der Waals surface area contributed by atoms with Crippen LogP contribution in [0, 0.1) is 0 Å². The minimum Gasteiger partial charge on any atom is -0.497 e. The van der Waals surface area contributed by atoms with E-state index in [1.54, 1.807) is 26.4 Å². The Morgan fingerprint density at radius 2 is 1.92 bits per heavy atom. The average Bonchev–Trinajstić information content (AvgIpc) is 2.62. The second-order valence-corrected chi connectivity index (χ2v) is 6.13. The number of benzene rings is 2. The highest BCUT2D eigenvalue weighted by Crippen LogP contribution is 2.28. The van der Waals surface area contributed by atoms with Gasteiger partial charge in [0.25, 0.3) is 0 Å². The van der Waals surface area contributed by atoms with E-state index in [4.69, 9.17) is 19.9 Å². The lowest BCUT2D eigenvalue weighted by Gasteiger charge is -2.15. The number of nitrogens with zero attached hydrogens (tertiary/aromatic N) is 1. The van der Waals surface area contributed by atoms with Crippen LogP contribution in [0.2, 0.25) is 0 Å². The van der Waals surface area contributed by atoms with Gasteiger partial charge in [0.2, 0.25) is 0 Å². The molecular weight excluding hydrogens is 386 g/mol. The van der Waals surface area contributed by atoms with Crippen molar-refractivity contribution in [2.24, 2.45) is 10.7 Å². The van der Waals surface area contributed by atoms with Gasteiger partial charge < -0.3 is 25.3 Å². The van der Waals surface area contributed by atoms with Gasteiger partial charge in [0.05, 0.1) is 30.9 Å². The minimum atomic E-state index is -0.133. The van der Waals surface area contributed by atoms with Crippen molar-refractivity contribution in [2.45, 2.75) is 13.0 Å². The first-order valence-corrected chi connectivity index (χ1v) is 8.53. The minimum absolute atomic E-state index is 0.133. The topological polar surface area (TPSA) is 78.1 Å². The highest BCUT2D eigenvalue weighted by Gasteiger charge is 2.08. The number of halogens is 1. The Bertz CT molecular complexity index is 737. The summed E-state index contributed by atoms with van der Waals surface area (Å²) in [5.74, 6) is 2.39. The summed E-state index contributed by atoms with van der Waals surface area (Å²) < 4.78 is 17.3. The first-order valence-electron chi connectivity index (χ1n) is 7.73. The smallest absolute Gasteiger partial charge is 0.193 e. The number of hydrogen-bond donors (Lipinski definition) is 2. The summed E-state index contributed by atoms with van der Waals surface area (Å²) >= 11 is 3.45. The number of nitrogens with two attached hydrogens (primary N) is 1. The zero-order valence-electron chi connectivity index (χ0n) is 14.5. The predicted octanol–water partition coefficient (Wildman–Crippen LogP) is 3.66. The van der Waals surface area contributed by atoms with Gasteiger partial charge in [-0.15, -0.1) is 0 Å². The maximum absolute atomic E-state index is 5.97. The maximum Gasteiger partial charge on any atom is 0.193 e. The molecule has 0 aliphatic heterocycles. The summed E-state index contributed by atoms with van der Waals surface area (Å²) in [5, 5.41) is 3.02. The summed E-state index contributed by atoms with van der Waals surface area (Å²) in [7, 11) is 3.19. The standard InChI is InChI=1S/C18H22BrN3O3/c1-12(25-16-7-5-4-6-14(16)19)11-21-18(20)22-15-10-13(23-2)8-9-17(15)24-3/h4-10,12H,11H2,1-3H3,(H3,20,21,22). The molecule has 0 amide bonds. The molecule has 1 atom stereocenters. The summed E-state index contributed by atoms with van der Waals surface area (Å²) in [6.07, 6.45) is -0.133. The molecule has 0 spiro atoms. The van der Waals surface area contributed by atoms with Gasteiger partial charge in [0, 0.05) is 6.07 Å². The first kappa shape index (κ1) is 18.9. The van der Waals surface area contributed by atoms with Gasteiger partial charge >= 0.3 is 0 Å². The highest BCUT2D eigenvalue weighted by molar-refractivity contribution is 9.10. The molecule has 0 aromatic heterocycles. The normalized spacial score (nSPS) is 12.4. The molecule has 0 aliphatic carbocycles. The van der Waals surface area contributed by atoms with Gasteiger partial charge in [0.15, 0.2) is 5.96 Å². The van der Waals surface area contributed by atoms with Crippen molar-refractivity contribution in [3.8, 4) is 17.2 Å². The number of ether oxygens (including phenoxy) is 3. The third-order valence-corrected chi connectivity index (χ3v) is 4.01. The molecule has 0 fully saturated rings. The average molecular weight is 408 g/mol. The second kappa shape index (κ2) is 9.17. The maximum atomic E-state index is 5.97. The molecule has 0 aliphatic rings. The van der Waals surface area contributed by atoms with Crippen LogP contribution < -0.4 is 25.3 Å². The molecule has 134 valence electrons. The highest BCUT2D eigenvalue weighted by atomic mass is 79.9. The van der Waals surface area contributed by atoms with Crippen LogP contribution in [0.25, 0.3) is 0 Å². The molecule has 3 N–H and O–H groups in total. The third kappa shape index (κ3) is 5.56. The van der Waals surface area contributed by atoms with Crippen molar-refractivity contribution in [3.05, 3.63) is 46.9 Å². The molecule has 7 heteroatoms.